The maximum Gasteiger partial charge on any atom is 0.232 e. The molecule has 3 atom stereocenters. The third-order valence-corrected chi connectivity index (χ3v) is 6.42. The molecule has 0 amide bonds. The van der Waals surface area contributed by atoms with Crippen LogP contribution >= 0.6 is 0 Å². The van der Waals surface area contributed by atoms with Gasteiger partial charge in [-0.05, 0) is 28.5 Å². The van der Waals surface area contributed by atoms with Crippen molar-refractivity contribution in [1.82, 2.24) is 9.62 Å². The average Bonchev–Trinajstić information content (AvgIpc) is 2.96. The largest absolute Gasteiger partial charge is 0.298 e. The van der Waals surface area contributed by atoms with Crippen LogP contribution in [0.5, 0.6) is 0 Å². The summed E-state index contributed by atoms with van der Waals surface area (Å²) in [4.78, 5) is 2.56. The molecule has 4 rings (SSSR count). The highest BCUT2D eigenvalue weighted by molar-refractivity contribution is 7.77. The van der Waals surface area contributed by atoms with E-state index in [1.807, 2.05) is 6.07 Å². The minimum atomic E-state index is -1.96. The van der Waals surface area contributed by atoms with Crippen molar-refractivity contribution in [3.63, 3.8) is 0 Å². The summed E-state index contributed by atoms with van der Waals surface area (Å²) in [5.41, 5.74) is 4.06. The fourth-order valence-electron chi connectivity index (χ4n) is 4.52. The molecule has 0 radical (unpaired) electrons. The molecule has 1 aliphatic heterocycles. The zero-order chi connectivity index (χ0) is 17.4. The van der Waals surface area contributed by atoms with Gasteiger partial charge in [0.1, 0.15) is 0 Å². The SMILES string of the molecule is CC1(c2cccc(CNS(=O)O)c2)C2CN(Cc3ccccc3)CC21. The standard InChI is InChI=1S/C20H24N2O2S/c1-20(17-9-5-8-16(10-17)11-21-25(23)24)18-13-22(14-19(18)20)12-15-6-3-2-4-7-15/h2-10,18-19,21H,11-14H2,1H3,(H,23,24). The van der Waals surface area contributed by atoms with Gasteiger partial charge in [-0.15, -0.1) is 0 Å². The Morgan fingerprint density at radius 3 is 2.48 bits per heavy atom. The van der Waals surface area contributed by atoms with Crippen molar-refractivity contribution in [2.24, 2.45) is 11.8 Å². The number of rotatable bonds is 6. The fourth-order valence-corrected chi connectivity index (χ4v) is 4.81. The highest BCUT2D eigenvalue weighted by Gasteiger charge is 2.65. The van der Waals surface area contributed by atoms with E-state index >= 15 is 0 Å². The quantitative estimate of drug-likeness (QED) is 0.783. The Labute approximate surface area is 151 Å². The Hall–Kier alpha value is -1.53. The number of hydrogen-bond acceptors (Lipinski definition) is 2. The summed E-state index contributed by atoms with van der Waals surface area (Å²) in [6.45, 7) is 6.13. The van der Waals surface area contributed by atoms with E-state index in [9.17, 15) is 4.21 Å². The van der Waals surface area contributed by atoms with Gasteiger partial charge in [0.25, 0.3) is 0 Å². The number of fused-ring (bicyclic) bond motifs is 1. The van der Waals surface area contributed by atoms with Crippen LogP contribution in [0, 0.1) is 11.8 Å². The third kappa shape index (κ3) is 3.29. The number of benzene rings is 2. The van der Waals surface area contributed by atoms with Gasteiger partial charge >= 0.3 is 0 Å². The Kier molecular flexibility index (Phi) is 4.50. The molecular weight excluding hydrogens is 332 g/mol. The van der Waals surface area contributed by atoms with Gasteiger partial charge in [-0.2, -0.15) is 0 Å². The van der Waals surface area contributed by atoms with Crippen LogP contribution in [0.3, 0.4) is 0 Å². The van der Waals surface area contributed by atoms with Crippen LogP contribution < -0.4 is 4.72 Å². The van der Waals surface area contributed by atoms with Gasteiger partial charge in [0.2, 0.25) is 11.3 Å². The van der Waals surface area contributed by atoms with Gasteiger partial charge in [0.15, 0.2) is 0 Å². The molecule has 2 fully saturated rings. The predicted molar refractivity (Wildman–Crippen MR) is 100 cm³/mol. The first kappa shape index (κ1) is 16.9. The Bertz CT molecular complexity index is 768. The first-order valence-electron chi connectivity index (χ1n) is 8.77. The van der Waals surface area contributed by atoms with E-state index in [0.29, 0.717) is 18.4 Å². The smallest absolute Gasteiger partial charge is 0.232 e. The number of nitrogens with one attached hydrogen (secondary N) is 1. The van der Waals surface area contributed by atoms with Crippen LogP contribution in [-0.2, 0) is 29.8 Å². The van der Waals surface area contributed by atoms with Gasteiger partial charge in [0.05, 0.1) is 0 Å². The molecule has 0 aromatic heterocycles. The van der Waals surface area contributed by atoms with Crippen molar-refractivity contribution in [3.8, 4) is 0 Å². The molecule has 1 saturated carbocycles. The topological polar surface area (TPSA) is 52.6 Å². The Morgan fingerprint density at radius 1 is 1.12 bits per heavy atom. The number of likely N-dealkylation sites (tertiary alicyclic amines) is 1. The molecule has 4 nitrogen and oxygen atoms in total. The van der Waals surface area contributed by atoms with Crippen molar-refractivity contribution in [2.75, 3.05) is 13.1 Å². The first-order valence-corrected chi connectivity index (χ1v) is 9.88. The lowest BCUT2D eigenvalue weighted by Gasteiger charge is -2.25. The molecule has 2 aromatic carbocycles. The molecule has 0 spiro atoms. The van der Waals surface area contributed by atoms with Crippen LogP contribution in [-0.4, -0.2) is 26.8 Å². The second kappa shape index (κ2) is 6.65. The Balaban J connectivity index is 1.41. The minimum absolute atomic E-state index is 0.252. The molecule has 25 heavy (non-hydrogen) atoms. The van der Waals surface area contributed by atoms with Gasteiger partial charge in [-0.25, -0.2) is 8.93 Å². The number of nitrogens with zero attached hydrogens (tertiary/aromatic N) is 1. The van der Waals surface area contributed by atoms with Crippen LogP contribution in [0.1, 0.15) is 23.6 Å². The molecule has 1 saturated heterocycles. The molecule has 5 heteroatoms. The average molecular weight is 356 g/mol. The lowest BCUT2D eigenvalue weighted by Crippen LogP contribution is -2.28. The van der Waals surface area contributed by atoms with Gasteiger partial charge in [0, 0.05) is 31.6 Å². The normalized spacial score (nSPS) is 29.4. The monoisotopic (exact) mass is 356 g/mol. The minimum Gasteiger partial charge on any atom is -0.298 e. The van der Waals surface area contributed by atoms with E-state index in [4.69, 9.17) is 4.55 Å². The zero-order valence-electron chi connectivity index (χ0n) is 14.4. The van der Waals surface area contributed by atoms with Crippen LogP contribution in [0.4, 0.5) is 0 Å². The van der Waals surface area contributed by atoms with Crippen molar-refractivity contribution in [3.05, 3.63) is 71.3 Å². The molecule has 0 bridgehead atoms. The van der Waals surface area contributed by atoms with Gasteiger partial charge < -0.3 is 0 Å². The van der Waals surface area contributed by atoms with Crippen molar-refractivity contribution < 1.29 is 8.76 Å². The van der Waals surface area contributed by atoms with Crippen molar-refractivity contribution in [2.45, 2.75) is 25.4 Å². The third-order valence-electron chi connectivity index (χ3n) is 6.02. The van der Waals surface area contributed by atoms with E-state index in [0.717, 1.165) is 25.2 Å². The summed E-state index contributed by atoms with van der Waals surface area (Å²) in [6.07, 6.45) is 0. The van der Waals surface area contributed by atoms with Crippen molar-refractivity contribution in [1.29, 1.82) is 0 Å². The molecule has 2 aromatic rings. The van der Waals surface area contributed by atoms with Crippen LogP contribution in [0.2, 0.25) is 0 Å². The van der Waals surface area contributed by atoms with Crippen LogP contribution in [0.25, 0.3) is 0 Å². The summed E-state index contributed by atoms with van der Waals surface area (Å²) in [7, 11) is 0. The summed E-state index contributed by atoms with van der Waals surface area (Å²) in [5.74, 6) is 1.43. The molecule has 1 heterocycles. The maximum atomic E-state index is 10.8. The van der Waals surface area contributed by atoms with Crippen molar-refractivity contribution >= 4 is 11.3 Å². The molecular formula is C20H24N2O2S. The van der Waals surface area contributed by atoms with E-state index in [1.54, 1.807) is 0 Å². The second-order valence-corrected chi connectivity index (χ2v) is 8.23. The lowest BCUT2D eigenvalue weighted by molar-refractivity contribution is 0.270. The first-order chi connectivity index (χ1) is 12.1. The number of piperidine rings is 1. The van der Waals surface area contributed by atoms with E-state index < -0.39 is 11.3 Å². The molecule has 3 unspecified atom stereocenters. The highest BCUT2D eigenvalue weighted by Crippen LogP contribution is 2.63. The molecule has 1 aliphatic carbocycles. The summed E-state index contributed by atoms with van der Waals surface area (Å²) in [6, 6.07) is 19.1. The summed E-state index contributed by atoms with van der Waals surface area (Å²) >= 11 is -1.96. The number of hydrogen-bond donors (Lipinski definition) is 2. The summed E-state index contributed by atoms with van der Waals surface area (Å²) < 4.78 is 22.3. The fraction of sp³-hybridized carbons (Fsp3) is 0.400. The van der Waals surface area contributed by atoms with Gasteiger partial charge in [-0.3, -0.25) is 9.45 Å². The zero-order valence-corrected chi connectivity index (χ0v) is 15.2. The van der Waals surface area contributed by atoms with E-state index in [2.05, 4.69) is 65.1 Å². The van der Waals surface area contributed by atoms with Crippen LogP contribution in [0.15, 0.2) is 54.6 Å². The predicted octanol–water partition coefficient (Wildman–Crippen LogP) is 2.93. The second-order valence-electron chi connectivity index (χ2n) is 7.45. The lowest BCUT2D eigenvalue weighted by atomic mass is 9.91. The molecule has 132 valence electrons. The highest BCUT2D eigenvalue weighted by atomic mass is 32.2. The molecule has 2 aliphatic rings. The van der Waals surface area contributed by atoms with E-state index in [1.165, 1.54) is 11.1 Å². The van der Waals surface area contributed by atoms with Gasteiger partial charge in [-0.1, -0.05) is 61.5 Å². The summed E-state index contributed by atoms with van der Waals surface area (Å²) in [5, 5.41) is 0. The van der Waals surface area contributed by atoms with E-state index in [-0.39, 0.29) is 5.41 Å². The molecule has 2 N–H and O–H groups in total. The maximum absolute atomic E-state index is 10.8. The Morgan fingerprint density at radius 2 is 1.80 bits per heavy atom.